The molecule has 0 bridgehead atoms. The minimum atomic E-state index is -3.13. The lowest BCUT2D eigenvalue weighted by molar-refractivity contribution is -0.136. The average molecular weight is 421 g/mol. The van der Waals surface area contributed by atoms with Crippen LogP contribution in [-0.2, 0) is 19.4 Å². The average Bonchev–Trinajstić information content (AvgIpc) is 3.15. The van der Waals surface area contributed by atoms with Crippen molar-refractivity contribution in [3.8, 4) is 0 Å². The second-order valence-corrected chi connectivity index (χ2v) is 9.84. The lowest BCUT2D eigenvalue weighted by atomic mass is 10.2. The largest absolute Gasteiger partial charge is 0.340 e. The highest BCUT2D eigenvalue weighted by atomic mass is 32.2. The van der Waals surface area contributed by atoms with Gasteiger partial charge in [-0.2, -0.15) is 0 Å². The van der Waals surface area contributed by atoms with E-state index in [1.54, 1.807) is 12.2 Å². The Kier molecular flexibility index (Phi) is 6.04. The number of thioether (sulfide) groups is 1. The van der Waals surface area contributed by atoms with Gasteiger partial charge in [-0.05, 0) is 29.8 Å². The summed E-state index contributed by atoms with van der Waals surface area (Å²) >= 11 is 0.783. The number of hydrogen-bond acceptors (Lipinski definition) is 6. The number of nitrogens with zero attached hydrogens (tertiary/aromatic N) is 2. The maximum absolute atomic E-state index is 12.5. The molecule has 2 fully saturated rings. The maximum atomic E-state index is 12.5. The third-order valence-electron chi connectivity index (χ3n) is 4.65. The van der Waals surface area contributed by atoms with E-state index in [-0.39, 0.29) is 16.4 Å². The molecule has 3 rings (SSSR count). The first-order chi connectivity index (χ1) is 13.3. The van der Waals surface area contributed by atoms with Crippen LogP contribution in [0.15, 0.2) is 47.4 Å². The molecule has 7 nitrogen and oxygen atoms in total. The highest BCUT2D eigenvalue weighted by Crippen LogP contribution is 2.30. The summed E-state index contributed by atoms with van der Waals surface area (Å²) in [6.07, 6.45) is 5.42. The highest BCUT2D eigenvalue weighted by molar-refractivity contribution is 8.18. The molecule has 0 saturated carbocycles. The van der Waals surface area contributed by atoms with Gasteiger partial charge in [0.2, 0.25) is 5.91 Å². The Hall–Kier alpha value is -2.39. The van der Waals surface area contributed by atoms with E-state index in [4.69, 9.17) is 0 Å². The van der Waals surface area contributed by atoms with Gasteiger partial charge in [0.15, 0.2) is 9.84 Å². The van der Waals surface area contributed by atoms with E-state index < -0.39 is 39.5 Å². The number of carbonyl (C=O) groups excluding carboxylic acids is 3. The van der Waals surface area contributed by atoms with E-state index in [0.717, 1.165) is 22.2 Å². The quantitative estimate of drug-likeness (QED) is 0.676. The maximum Gasteiger partial charge on any atom is 0.294 e. The van der Waals surface area contributed by atoms with Gasteiger partial charge in [-0.1, -0.05) is 42.5 Å². The van der Waals surface area contributed by atoms with E-state index in [0.29, 0.717) is 6.42 Å². The summed E-state index contributed by atoms with van der Waals surface area (Å²) in [6.45, 7) is -0.391. The standard InChI is InChI=1S/C19H20N2O5S2/c1-20(15-10-11-28(25,26)13-15)17(22)12-21-18(23)16(27-19(21)24)9-5-8-14-6-3-2-4-7-14/h2-9,15H,10-13H2,1H3. The summed E-state index contributed by atoms with van der Waals surface area (Å²) in [7, 11) is -1.62. The van der Waals surface area contributed by atoms with Gasteiger partial charge in [0.25, 0.3) is 11.1 Å². The Morgan fingerprint density at radius 3 is 2.64 bits per heavy atom. The van der Waals surface area contributed by atoms with Crippen molar-refractivity contribution in [2.75, 3.05) is 25.1 Å². The predicted octanol–water partition coefficient (Wildman–Crippen LogP) is 1.92. The summed E-state index contributed by atoms with van der Waals surface area (Å²) < 4.78 is 23.2. The number of hydrogen-bond donors (Lipinski definition) is 0. The van der Waals surface area contributed by atoms with Gasteiger partial charge in [-0.15, -0.1) is 0 Å². The molecule has 1 aromatic carbocycles. The molecule has 2 saturated heterocycles. The van der Waals surface area contributed by atoms with E-state index in [9.17, 15) is 22.8 Å². The lowest BCUT2D eigenvalue weighted by Crippen LogP contribution is -2.45. The van der Waals surface area contributed by atoms with Crippen LogP contribution in [0.4, 0.5) is 4.79 Å². The second kappa shape index (κ2) is 8.32. The number of amides is 3. The fourth-order valence-electron chi connectivity index (χ4n) is 2.99. The van der Waals surface area contributed by atoms with Crippen LogP contribution in [0.5, 0.6) is 0 Å². The smallest absolute Gasteiger partial charge is 0.294 e. The fraction of sp³-hybridized carbons (Fsp3) is 0.316. The Labute approximate surface area is 168 Å². The molecule has 0 radical (unpaired) electrons. The molecule has 0 N–H and O–H groups in total. The number of carbonyl (C=O) groups is 3. The van der Waals surface area contributed by atoms with Crippen molar-refractivity contribution in [2.45, 2.75) is 12.5 Å². The number of imide groups is 1. The lowest BCUT2D eigenvalue weighted by Gasteiger charge is -2.25. The molecule has 1 unspecified atom stereocenters. The van der Waals surface area contributed by atoms with Crippen molar-refractivity contribution in [2.24, 2.45) is 0 Å². The zero-order chi connectivity index (χ0) is 20.3. The van der Waals surface area contributed by atoms with Crippen LogP contribution in [0.1, 0.15) is 12.0 Å². The number of allylic oxidation sites excluding steroid dienone is 2. The zero-order valence-electron chi connectivity index (χ0n) is 15.3. The molecule has 0 aliphatic carbocycles. The van der Waals surface area contributed by atoms with Crippen LogP contribution in [0.25, 0.3) is 6.08 Å². The first-order valence-electron chi connectivity index (χ1n) is 8.70. The van der Waals surface area contributed by atoms with E-state index in [1.807, 2.05) is 36.4 Å². The summed E-state index contributed by atoms with van der Waals surface area (Å²) in [4.78, 5) is 39.5. The molecule has 2 heterocycles. The van der Waals surface area contributed by atoms with Crippen molar-refractivity contribution in [3.05, 3.63) is 53.0 Å². The predicted molar refractivity (Wildman–Crippen MR) is 108 cm³/mol. The first kappa shape index (κ1) is 20.3. The van der Waals surface area contributed by atoms with Gasteiger partial charge in [0, 0.05) is 13.1 Å². The van der Waals surface area contributed by atoms with Crippen LogP contribution in [0, 0.1) is 0 Å². The molecule has 1 aromatic rings. The number of rotatable bonds is 5. The van der Waals surface area contributed by atoms with E-state index in [2.05, 4.69) is 0 Å². The zero-order valence-corrected chi connectivity index (χ0v) is 16.9. The van der Waals surface area contributed by atoms with Crippen molar-refractivity contribution in [3.63, 3.8) is 0 Å². The SMILES string of the molecule is CN(C(=O)CN1C(=O)SC(=CC=Cc2ccccc2)C1=O)C1CCS(=O)(=O)C1. The van der Waals surface area contributed by atoms with Crippen molar-refractivity contribution in [1.29, 1.82) is 0 Å². The Morgan fingerprint density at radius 1 is 1.29 bits per heavy atom. The Balaban J connectivity index is 1.62. The van der Waals surface area contributed by atoms with Gasteiger partial charge in [-0.3, -0.25) is 19.3 Å². The molecular formula is C19H20N2O5S2. The summed E-state index contributed by atoms with van der Waals surface area (Å²) in [6, 6.07) is 9.09. The second-order valence-electron chi connectivity index (χ2n) is 6.62. The van der Waals surface area contributed by atoms with E-state index in [1.165, 1.54) is 11.9 Å². The first-order valence-corrected chi connectivity index (χ1v) is 11.3. The molecule has 1 atom stereocenters. The monoisotopic (exact) mass is 420 g/mol. The summed E-state index contributed by atoms with van der Waals surface area (Å²) in [5.41, 5.74) is 0.960. The van der Waals surface area contributed by atoms with Gasteiger partial charge >= 0.3 is 0 Å². The molecule has 28 heavy (non-hydrogen) atoms. The Bertz CT molecular complexity index is 954. The van der Waals surface area contributed by atoms with E-state index >= 15 is 0 Å². The van der Waals surface area contributed by atoms with Crippen LogP contribution in [-0.4, -0.2) is 66.4 Å². The third kappa shape index (κ3) is 4.71. The van der Waals surface area contributed by atoms with Crippen molar-refractivity contribution in [1.82, 2.24) is 9.80 Å². The molecule has 0 spiro atoms. The number of sulfone groups is 1. The molecular weight excluding hydrogens is 400 g/mol. The molecule has 148 valence electrons. The van der Waals surface area contributed by atoms with Gasteiger partial charge < -0.3 is 4.90 Å². The summed E-state index contributed by atoms with van der Waals surface area (Å²) in [5.74, 6) is -1.01. The van der Waals surface area contributed by atoms with Crippen LogP contribution in [0.2, 0.25) is 0 Å². The molecule has 9 heteroatoms. The number of benzene rings is 1. The highest BCUT2D eigenvalue weighted by Gasteiger charge is 2.38. The van der Waals surface area contributed by atoms with Crippen LogP contribution >= 0.6 is 11.8 Å². The normalized spacial score (nSPS) is 23.1. The minimum Gasteiger partial charge on any atom is -0.340 e. The molecule has 2 aliphatic rings. The minimum absolute atomic E-state index is 0.0490. The number of likely N-dealkylation sites (N-methyl/N-ethyl adjacent to an activating group) is 1. The van der Waals surface area contributed by atoms with Crippen molar-refractivity contribution >= 4 is 44.7 Å². The topological polar surface area (TPSA) is 91.8 Å². The van der Waals surface area contributed by atoms with Gasteiger partial charge in [0.1, 0.15) is 6.54 Å². The fourth-order valence-corrected chi connectivity index (χ4v) is 5.56. The third-order valence-corrected chi connectivity index (χ3v) is 7.33. The molecule has 2 aliphatic heterocycles. The molecule has 3 amide bonds. The van der Waals surface area contributed by atoms with Crippen molar-refractivity contribution < 1.29 is 22.8 Å². The van der Waals surface area contributed by atoms with Gasteiger partial charge in [-0.25, -0.2) is 8.42 Å². The summed E-state index contributed by atoms with van der Waals surface area (Å²) in [5, 5.41) is -0.509. The van der Waals surface area contributed by atoms with Crippen LogP contribution < -0.4 is 0 Å². The van der Waals surface area contributed by atoms with Crippen LogP contribution in [0.3, 0.4) is 0 Å². The van der Waals surface area contributed by atoms with Gasteiger partial charge in [0.05, 0.1) is 16.4 Å². The Morgan fingerprint density at radius 2 is 2.00 bits per heavy atom. The molecule has 0 aromatic heterocycles.